The Morgan fingerprint density at radius 1 is 1.00 bits per heavy atom. The van der Waals surface area contributed by atoms with Crippen molar-refractivity contribution >= 4 is 16.6 Å². The first-order valence-corrected chi connectivity index (χ1v) is 9.90. The van der Waals surface area contributed by atoms with Crippen LogP contribution in [0, 0.1) is 0 Å². The molecule has 3 aromatic heterocycles. The van der Waals surface area contributed by atoms with Crippen molar-refractivity contribution in [3.8, 4) is 11.3 Å². The van der Waals surface area contributed by atoms with Gasteiger partial charge in [-0.05, 0) is 45.2 Å². The predicted molar refractivity (Wildman–Crippen MR) is 114 cm³/mol. The third-order valence-electron chi connectivity index (χ3n) is 5.09. The summed E-state index contributed by atoms with van der Waals surface area (Å²) < 4.78 is 3.95. The van der Waals surface area contributed by atoms with E-state index in [1.807, 2.05) is 38.6 Å². The number of Topliss-reactive ketones (excluding diaryl/α,β-unsaturated/α-hetero) is 1. The van der Waals surface area contributed by atoms with E-state index >= 15 is 0 Å². The molecule has 6 heteroatoms. The van der Waals surface area contributed by atoms with Crippen molar-refractivity contribution in [1.82, 2.24) is 24.3 Å². The summed E-state index contributed by atoms with van der Waals surface area (Å²) in [6.45, 7) is 8.35. The SMILES string of the molecule is CC(C)n1cc(C(=O)Cc2cc3cc(-c4cncn4C(C)C)ccc3cn2)cn1. The van der Waals surface area contributed by atoms with Gasteiger partial charge in [-0.2, -0.15) is 5.10 Å². The monoisotopic (exact) mass is 387 g/mol. The van der Waals surface area contributed by atoms with Gasteiger partial charge in [0.05, 0.1) is 36.4 Å². The topological polar surface area (TPSA) is 65.6 Å². The zero-order valence-electron chi connectivity index (χ0n) is 17.2. The molecule has 6 nitrogen and oxygen atoms in total. The van der Waals surface area contributed by atoms with Crippen LogP contribution in [0.1, 0.15) is 55.8 Å². The molecule has 29 heavy (non-hydrogen) atoms. The Morgan fingerprint density at radius 2 is 1.83 bits per heavy atom. The second kappa shape index (κ2) is 7.62. The van der Waals surface area contributed by atoms with Crippen molar-refractivity contribution in [2.24, 2.45) is 0 Å². The van der Waals surface area contributed by atoms with Gasteiger partial charge in [-0.25, -0.2) is 4.98 Å². The van der Waals surface area contributed by atoms with Crippen LogP contribution in [0.2, 0.25) is 0 Å². The summed E-state index contributed by atoms with van der Waals surface area (Å²) in [7, 11) is 0. The van der Waals surface area contributed by atoms with Crippen molar-refractivity contribution in [2.75, 3.05) is 0 Å². The van der Waals surface area contributed by atoms with Crippen LogP contribution >= 0.6 is 0 Å². The number of imidazole rings is 1. The maximum atomic E-state index is 12.7. The predicted octanol–water partition coefficient (Wildman–Crippen LogP) is 4.88. The molecule has 0 radical (unpaired) electrons. The van der Waals surface area contributed by atoms with Crippen molar-refractivity contribution in [1.29, 1.82) is 0 Å². The molecule has 0 saturated heterocycles. The first-order chi connectivity index (χ1) is 13.9. The van der Waals surface area contributed by atoms with Crippen LogP contribution in [0.4, 0.5) is 0 Å². The lowest BCUT2D eigenvalue weighted by Crippen LogP contribution is -2.05. The number of ketones is 1. The molecule has 4 rings (SSSR count). The maximum Gasteiger partial charge on any atom is 0.171 e. The van der Waals surface area contributed by atoms with Crippen LogP contribution < -0.4 is 0 Å². The minimum absolute atomic E-state index is 0.0257. The number of fused-ring (bicyclic) bond motifs is 1. The minimum Gasteiger partial charge on any atom is -0.328 e. The molecule has 0 atom stereocenters. The number of nitrogens with zero attached hydrogens (tertiary/aromatic N) is 5. The van der Waals surface area contributed by atoms with Crippen LogP contribution in [0.5, 0.6) is 0 Å². The molecule has 0 N–H and O–H groups in total. The Kier molecular flexibility index (Phi) is 5.01. The number of aromatic nitrogens is 5. The van der Waals surface area contributed by atoms with Gasteiger partial charge in [0, 0.05) is 41.1 Å². The Morgan fingerprint density at radius 3 is 2.55 bits per heavy atom. The van der Waals surface area contributed by atoms with Gasteiger partial charge in [0.15, 0.2) is 5.78 Å². The molecule has 148 valence electrons. The Labute approximate surface area is 170 Å². The van der Waals surface area contributed by atoms with Gasteiger partial charge in [0.25, 0.3) is 0 Å². The van der Waals surface area contributed by atoms with E-state index in [1.165, 1.54) is 0 Å². The molecule has 0 saturated carbocycles. The number of rotatable bonds is 6. The smallest absolute Gasteiger partial charge is 0.171 e. The first kappa shape index (κ1) is 19.1. The standard InChI is InChI=1S/C23H25N5O/c1-15(2)27-14-24-12-22(27)17-5-6-18-10-25-21(8-19(18)7-17)9-23(29)20-11-26-28(13-20)16(3)4/h5-8,10-16H,9H2,1-4H3. The molecule has 0 unspecified atom stereocenters. The number of benzene rings is 1. The van der Waals surface area contributed by atoms with Gasteiger partial charge >= 0.3 is 0 Å². The number of carbonyl (C=O) groups excluding carboxylic acids is 1. The number of carbonyl (C=O) groups is 1. The van der Waals surface area contributed by atoms with Crippen LogP contribution in [0.3, 0.4) is 0 Å². The highest BCUT2D eigenvalue weighted by atomic mass is 16.1. The van der Waals surface area contributed by atoms with Crippen LogP contribution in [-0.4, -0.2) is 30.1 Å². The van der Waals surface area contributed by atoms with E-state index in [-0.39, 0.29) is 18.2 Å². The van der Waals surface area contributed by atoms with Gasteiger partial charge < -0.3 is 4.57 Å². The fourth-order valence-electron chi connectivity index (χ4n) is 3.41. The van der Waals surface area contributed by atoms with E-state index in [4.69, 9.17) is 0 Å². The molecule has 0 bridgehead atoms. The zero-order chi connectivity index (χ0) is 20.5. The third-order valence-corrected chi connectivity index (χ3v) is 5.09. The summed E-state index contributed by atoms with van der Waals surface area (Å²) in [6, 6.07) is 8.85. The van der Waals surface area contributed by atoms with E-state index in [9.17, 15) is 4.79 Å². The molecule has 1 aromatic carbocycles. The summed E-state index contributed by atoms with van der Waals surface area (Å²) in [5, 5.41) is 6.37. The molecular formula is C23H25N5O. The molecule has 0 amide bonds. The number of hydrogen-bond donors (Lipinski definition) is 0. The van der Waals surface area contributed by atoms with Crippen molar-refractivity contribution < 1.29 is 4.79 Å². The zero-order valence-corrected chi connectivity index (χ0v) is 17.2. The van der Waals surface area contributed by atoms with Gasteiger partial charge in [0.1, 0.15) is 0 Å². The quantitative estimate of drug-likeness (QED) is 0.442. The summed E-state index contributed by atoms with van der Waals surface area (Å²) in [5.74, 6) is 0.0257. The van der Waals surface area contributed by atoms with E-state index in [0.717, 1.165) is 27.7 Å². The van der Waals surface area contributed by atoms with Crippen molar-refractivity contribution in [2.45, 2.75) is 46.2 Å². The van der Waals surface area contributed by atoms with Crippen LogP contribution in [0.15, 0.2) is 55.4 Å². The highest BCUT2D eigenvalue weighted by Gasteiger charge is 2.13. The normalized spacial score (nSPS) is 11.7. The van der Waals surface area contributed by atoms with Gasteiger partial charge in [-0.15, -0.1) is 0 Å². The van der Waals surface area contributed by atoms with E-state index < -0.39 is 0 Å². The van der Waals surface area contributed by atoms with Gasteiger partial charge in [0.2, 0.25) is 0 Å². The second-order valence-electron chi connectivity index (χ2n) is 7.92. The van der Waals surface area contributed by atoms with E-state index in [1.54, 1.807) is 17.1 Å². The van der Waals surface area contributed by atoms with Gasteiger partial charge in [-0.1, -0.05) is 12.1 Å². The fourth-order valence-corrected chi connectivity index (χ4v) is 3.41. The highest BCUT2D eigenvalue weighted by molar-refractivity contribution is 5.97. The maximum absolute atomic E-state index is 12.7. The average molecular weight is 387 g/mol. The molecule has 3 heterocycles. The highest BCUT2D eigenvalue weighted by Crippen LogP contribution is 2.26. The Bertz CT molecular complexity index is 1170. The fraction of sp³-hybridized carbons (Fsp3) is 0.304. The second-order valence-corrected chi connectivity index (χ2v) is 7.92. The average Bonchev–Trinajstić information content (AvgIpc) is 3.37. The van der Waals surface area contributed by atoms with Crippen LogP contribution in [0.25, 0.3) is 22.0 Å². The van der Waals surface area contributed by atoms with Crippen molar-refractivity contribution in [3.05, 3.63) is 66.6 Å². The molecule has 4 aromatic rings. The van der Waals surface area contributed by atoms with Gasteiger partial charge in [-0.3, -0.25) is 14.5 Å². The van der Waals surface area contributed by atoms with Crippen LogP contribution in [-0.2, 0) is 6.42 Å². The molecule has 0 spiro atoms. The summed E-state index contributed by atoms with van der Waals surface area (Å²) >= 11 is 0. The number of hydrogen-bond acceptors (Lipinski definition) is 4. The number of pyridine rings is 1. The summed E-state index contributed by atoms with van der Waals surface area (Å²) in [6.07, 6.45) is 9.28. The minimum atomic E-state index is 0.0257. The summed E-state index contributed by atoms with van der Waals surface area (Å²) in [4.78, 5) is 21.4. The molecule has 0 aliphatic carbocycles. The summed E-state index contributed by atoms with van der Waals surface area (Å²) in [5.41, 5.74) is 3.56. The first-order valence-electron chi connectivity index (χ1n) is 9.90. The van der Waals surface area contributed by atoms with Crippen molar-refractivity contribution in [3.63, 3.8) is 0 Å². The Balaban J connectivity index is 1.62. The Hall–Kier alpha value is -3.28. The lowest BCUT2D eigenvalue weighted by molar-refractivity contribution is 0.0992. The molecule has 0 fully saturated rings. The third kappa shape index (κ3) is 3.83. The molecular weight excluding hydrogens is 362 g/mol. The largest absolute Gasteiger partial charge is 0.328 e. The molecule has 0 aliphatic rings. The lowest BCUT2D eigenvalue weighted by Gasteiger charge is -2.12. The van der Waals surface area contributed by atoms with E-state index in [0.29, 0.717) is 11.6 Å². The molecule has 0 aliphatic heterocycles. The van der Waals surface area contributed by atoms with E-state index in [2.05, 4.69) is 51.7 Å². The lowest BCUT2D eigenvalue weighted by atomic mass is 10.0.